The van der Waals surface area contributed by atoms with Gasteiger partial charge in [0.15, 0.2) is 0 Å². The predicted octanol–water partition coefficient (Wildman–Crippen LogP) is 2.76. The number of rotatable bonds is 5. The van der Waals surface area contributed by atoms with Crippen molar-refractivity contribution in [3.63, 3.8) is 0 Å². The Morgan fingerprint density at radius 2 is 1.92 bits per heavy atom. The molecule has 1 unspecified atom stereocenters. The molecule has 1 atom stereocenters. The van der Waals surface area contributed by atoms with E-state index in [1.54, 1.807) is 34.9 Å². The quantitative estimate of drug-likeness (QED) is 0.890. The van der Waals surface area contributed by atoms with Crippen molar-refractivity contribution in [1.82, 2.24) is 9.29 Å². The molecular weight excluding hydrogens is 334 g/mol. The smallest absolute Gasteiger partial charge is 0.243 e. The van der Waals surface area contributed by atoms with Crippen molar-refractivity contribution in [3.05, 3.63) is 36.7 Å². The van der Waals surface area contributed by atoms with Gasteiger partial charge in [0.1, 0.15) is 0 Å². The Morgan fingerprint density at radius 1 is 1.16 bits per heavy atom. The highest BCUT2D eigenvalue weighted by Gasteiger charge is 2.34. The van der Waals surface area contributed by atoms with Crippen molar-refractivity contribution < 1.29 is 8.42 Å². The molecule has 134 valence electrons. The molecule has 1 saturated carbocycles. The van der Waals surface area contributed by atoms with Crippen LogP contribution in [0.1, 0.15) is 32.1 Å². The van der Waals surface area contributed by atoms with E-state index in [1.807, 2.05) is 6.07 Å². The second-order valence-electron chi connectivity index (χ2n) is 7.44. The van der Waals surface area contributed by atoms with Crippen LogP contribution in [-0.4, -0.2) is 36.8 Å². The SMILES string of the molecule is NC(CC1CC1)C1CCN(S(=O)(=O)c2cccc3cnccc23)CC1. The first kappa shape index (κ1) is 16.9. The number of hydrogen-bond acceptors (Lipinski definition) is 4. The van der Waals surface area contributed by atoms with E-state index in [0.717, 1.165) is 36.0 Å². The Labute approximate surface area is 149 Å². The maximum Gasteiger partial charge on any atom is 0.243 e. The molecule has 2 heterocycles. The number of nitrogens with two attached hydrogens (primary N) is 1. The van der Waals surface area contributed by atoms with Gasteiger partial charge in [-0.15, -0.1) is 0 Å². The fourth-order valence-corrected chi connectivity index (χ4v) is 5.62. The van der Waals surface area contributed by atoms with Gasteiger partial charge in [0, 0.05) is 42.3 Å². The molecule has 1 aromatic carbocycles. The van der Waals surface area contributed by atoms with E-state index < -0.39 is 10.0 Å². The van der Waals surface area contributed by atoms with Crippen LogP contribution in [0, 0.1) is 11.8 Å². The minimum absolute atomic E-state index is 0.223. The Morgan fingerprint density at radius 3 is 2.64 bits per heavy atom. The van der Waals surface area contributed by atoms with E-state index in [-0.39, 0.29) is 6.04 Å². The van der Waals surface area contributed by atoms with Crippen molar-refractivity contribution in [1.29, 1.82) is 0 Å². The van der Waals surface area contributed by atoms with Gasteiger partial charge in [-0.1, -0.05) is 25.0 Å². The van der Waals surface area contributed by atoms with Crippen LogP contribution in [0.3, 0.4) is 0 Å². The maximum absolute atomic E-state index is 13.1. The predicted molar refractivity (Wildman–Crippen MR) is 98.5 cm³/mol. The minimum Gasteiger partial charge on any atom is -0.327 e. The first-order valence-corrected chi connectivity index (χ1v) is 10.6. The molecule has 1 aromatic heterocycles. The van der Waals surface area contributed by atoms with Crippen LogP contribution < -0.4 is 5.73 Å². The van der Waals surface area contributed by atoms with Gasteiger partial charge in [-0.05, 0) is 43.2 Å². The first-order valence-electron chi connectivity index (χ1n) is 9.14. The zero-order chi connectivity index (χ0) is 17.4. The molecular formula is C19H25N3O2S. The van der Waals surface area contributed by atoms with E-state index in [9.17, 15) is 8.42 Å². The lowest BCUT2D eigenvalue weighted by atomic mass is 9.88. The average molecular weight is 359 g/mol. The third-order valence-electron chi connectivity index (χ3n) is 5.67. The summed E-state index contributed by atoms with van der Waals surface area (Å²) in [5.74, 6) is 1.27. The lowest BCUT2D eigenvalue weighted by Crippen LogP contribution is -2.43. The van der Waals surface area contributed by atoms with E-state index in [1.165, 1.54) is 12.8 Å². The molecule has 2 aliphatic rings. The van der Waals surface area contributed by atoms with Crippen LogP contribution in [-0.2, 0) is 10.0 Å². The second-order valence-corrected chi connectivity index (χ2v) is 9.34. The largest absolute Gasteiger partial charge is 0.327 e. The summed E-state index contributed by atoms with van der Waals surface area (Å²) in [5.41, 5.74) is 6.35. The molecule has 0 bridgehead atoms. The van der Waals surface area contributed by atoms with Crippen LogP contribution in [0.2, 0.25) is 0 Å². The second kappa shape index (κ2) is 6.67. The molecule has 5 nitrogen and oxygen atoms in total. The summed E-state index contributed by atoms with van der Waals surface area (Å²) >= 11 is 0. The summed E-state index contributed by atoms with van der Waals surface area (Å²) in [7, 11) is -3.48. The lowest BCUT2D eigenvalue weighted by molar-refractivity contribution is 0.235. The molecule has 1 saturated heterocycles. The standard InChI is InChI=1S/C19H25N3O2S/c20-18(12-14-4-5-14)15-7-10-22(11-8-15)25(23,24)19-3-1-2-16-13-21-9-6-17(16)19/h1-3,6,9,13-15,18H,4-5,7-8,10-12,20H2. The van der Waals surface area contributed by atoms with Crippen LogP contribution >= 0.6 is 0 Å². The summed E-state index contributed by atoms with van der Waals surface area (Å²) in [6.45, 7) is 1.12. The van der Waals surface area contributed by atoms with E-state index >= 15 is 0 Å². The van der Waals surface area contributed by atoms with E-state index in [0.29, 0.717) is 23.9 Å². The van der Waals surface area contributed by atoms with Crippen molar-refractivity contribution in [2.75, 3.05) is 13.1 Å². The number of pyridine rings is 1. The zero-order valence-corrected chi connectivity index (χ0v) is 15.2. The van der Waals surface area contributed by atoms with Gasteiger partial charge in [-0.2, -0.15) is 4.31 Å². The number of benzene rings is 1. The number of hydrogen-bond donors (Lipinski definition) is 1. The van der Waals surface area contributed by atoms with Gasteiger partial charge in [0.05, 0.1) is 4.90 Å². The Hall–Kier alpha value is -1.50. The third kappa shape index (κ3) is 3.43. The number of sulfonamides is 1. The summed E-state index contributed by atoms with van der Waals surface area (Å²) in [4.78, 5) is 4.47. The fourth-order valence-electron chi connectivity index (χ4n) is 3.93. The van der Waals surface area contributed by atoms with Gasteiger partial charge in [-0.3, -0.25) is 4.98 Å². The molecule has 2 N–H and O–H groups in total. The van der Waals surface area contributed by atoms with Crippen LogP contribution in [0.4, 0.5) is 0 Å². The van der Waals surface area contributed by atoms with E-state index in [2.05, 4.69) is 4.98 Å². The third-order valence-corrected chi connectivity index (χ3v) is 7.62. The fraction of sp³-hybridized carbons (Fsp3) is 0.526. The van der Waals surface area contributed by atoms with Gasteiger partial charge in [-0.25, -0.2) is 8.42 Å². The highest BCUT2D eigenvalue weighted by atomic mass is 32.2. The topological polar surface area (TPSA) is 76.3 Å². The maximum atomic E-state index is 13.1. The van der Waals surface area contributed by atoms with Crippen molar-refractivity contribution >= 4 is 20.8 Å². The molecule has 4 rings (SSSR count). The number of aromatic nitrogens is 1. The Balaban J connectivity index is 1.51. The molecule has 2 aromatic rings. The molecule has 25 heavy (non-hydrogen) atoms. The van der Waals surface area contributed by atoms with Crippen LogP contribution in [0.25, 0.3) is 10.8 Å². The number of piperidine rings is 1. The molecule has 0 amide bonds. The summed E-state index contributed by atoms with van der Waals surface area (Å²) in [5, 5.41) is 1.59. The first-order chi connectivity index (χ1) is 12.1. The van der Waals surface area contributed by atoms with Gasteiger partial charge in [0.2, 0.25) is 10.0 Å². The summed E-state index contributed by atoms with van der Waals surface area (Å²) < 4.78 is 27.9. The Bertz CT molecular complexity index is 851. The summed E-state index contributed by atoms with van der Waals surface area (Å²) in [6.07, 6.45) is 8.81. The highest BCUT2D eigenvalue weighted by molar-refractivity contribution is 7.89. The number of fused-ring (bicyclic) bond motifs is 1. The van der Waals surface area contributed by atoms with Gasteiger partial charge >= 0.3 is 0 Å². The highest BCUT2D eigenvalue weighted by Crippen LogP contribution is 2.36. The van der Waals surface area contributed by atoms with Gasteiger partial charge in [0.25, 0.3) is 0 Å². The van der Waals surface area contributed by atoms with Crippen molar-refractivity contribution in [3.8, 4) is 0 Å². The monoisotopic (exact) mass is 359 g/mol. The van der Waals surface area contributed by atoms with Crippen molar-refractivity contribution in [2.45, 2.75) is 43.0 Å². The van der Waals surface area contributed by atoms with Crippen molar-refractivity contribution in [2.24, 2.45) is 17.6 Å². The molecule has 0 spiro atoms. The van der Waals surface area contributed by atoms with Gasteiger partial charge < -0.3 is 5.73 Å². The molecule has 6 heteroatoms. The minimum atomic E-state index is -3.48. The Kier molecular flexibility index (Phi) is 4.52. The average Bonchev–Trinajstić information content (AvgIpc) is 3.45. The molecule has 0 radical (unpaired) electrons. The van der Waals surface area contributed by atoms with Crippen LogP contribution in [0.5, 0.6) is 0 Å². The van der Waals surface area contributed by atoms with E-state index in [4.69, 9.17) is 5.73 Å². The molecule has 2 fully saturated rings. The zero-order valence-electron chi connectivity index (χ0n) is 14.3. The lowest BCUT2D eigenvalue weighted by Gasteiger charge is -2.34. The summed E-state index contributed by atoms with van der Waals surface area (Å²) in [6, 6.07) is 7.38. The van der Waals surface area contributed by atoms with Crippen LogP contribution in [0.15, 0.2) is 41.6 Å². The normalized spacial score (nSPS) is 21.5. The molecule has 1 aliphatic heterocycles. The number of nitrogens with zero attached hydrogens (tertiary/aromatic N) is 2. The molecule has 1 aliphatic carbocycles.